The van der Waals surface area contributed by atoms with E-state index in [1.807, 2.05) is 20.8 Å². The number of carbonyl (C=O) groups excluding carboxylic acids is 1. The Morgan fingerprint density at radius 3 is 2.75 bits per heavy atom. The van der Waals surface area contributed by atoms with E-state index in [9.17, 15) is 4.79 Å². The third kappa shape index (κ3) is 4.59. The molecule has 0 bridgehead atoms. The summed E-state index contributed by atoms with van der Waals surface area (Å²) in [6.45, 7) is 6.24. The zero-order chi connectivity index (χ0) is 12.2. The van der Waals surface area contributed by atoms with Gasteiger partial charge in [0.25, 0.3) is 0 Å². The van der Waals surface area contributed by atoms with Gasteiger partial charge in [0.15, 0.2) is 0 Å². The molecular weight excluding hydrogens is 226 g/mol. The van der Waals surface area contributed by atoms with Gasteiger partial charge in [-0.15, -0.1) is 0 Å². The number of carbonyl (C=O) groups is 1. The highest BCUT2D eigenvalue weighted by Gasteiger charge is 2.12. The van der Waals surface area contributed by atoms with Crippen molar-refractivity contribution in [3.63, 3.8) is 0 Å². The molecule has 5 heteroatoms. The molecular formula is C11H16ClN3O. The Hall–Kier alpha value is -1.13. The van der Waals surface area contributed by atoms with Gasteiger partial charge >= 0.3 is 0 Å². The van der Waals surface area contributed by atoms with E-state index in [4.69, 9.17) is 11.6 Å². The molecule has 1 amide bonds. The van der Waals surface area contributed by atoms with Gasteiger partial charge < -0.3 is 10.6 Å². The molecule has 0 radical (unpaired) electrons. The topological polar surface area (TPSA) is 54.0 Å². The van der Waals surface area contributed by atoms with Crippen molar-refractivity contribution in [2.24, 2.45) is 0 Å². The van der Waals surface area contributed by atoms with E-state index in [1.165, 1.54) is 6.20 Å². The van der Waals surface area contributed by atoms with Crippen molar-refractivity contribution in [2.75, 3.05) is 11.9 Å². The van der Waals surface area contributed by atoms with E-state index in [-0.39, 0.29) is 18.0 Å². The molecule has 0 fully saturated rings. The van der Waals surface area contributed by atoms with Gasteiger partial charge in [-0.25, -0.2) is 0 Å². The van der Waals surface area contributed by atoms with Gasteiger partial charge in [0.05, 0.1) is 23.5 Å². The molecule has 0 unspecified atom stereocenters. The van der Waals surface area contributed by atoms with Crippen LogP contribution in [0, 0.1) is 0 Å². The second-order valence-corrected chi connectivity index (χ2v) is 4.91. The Bertz CT molecular complexity index is 374. The van der Waals surface area contributed by atoms with Crippen LogP contribution in [-0.2, 0) is 4.79 Å². The molecule has 1 heterocycles. The molecule has 88 valence electrons. The van der Waals surface area contributed by atoms with E-state index in [2.05, 4.69) is 15.6 Å². The smallest absolute Gasteiger partial charge is 0.238 e. The Labute approximate surface area is 100 Å². The highest BCUT2D eigenvalue weighted by Crippen LogP contribution is 2.18. The van der Waals surface area contributed by atoms with Gasteiger partial charge in [-0.05, 0) is 26.8 Å². The summed E-state index contributed by atoms with van der Waals surface area (Å²) in [4.78, 5) is 15.4. The normalized spacial score (nSPS) is 11.2. The van der Waals surface area contributed by atoms with Crippen LogP contribution in [0.3, 0.4) is 0 Å². The Morgan fingerprint density at radius 1 is 1.50 bits per heavy atom. The van der Waals surface area contributed by atoms with Crippen LogP contribution >= 0.6 is 11.6 Å². The zero-order valence-electron chi connectivity index (χ0n) is 9.67. The predicted octanol–water partition coefficient (Wildman–Crippen LogP) is 2.06. The lowest BCUT2D eigenvalue weighted by atomic mass is 10.1. The molecule has 0 saturated carbocycles. The Balaban J connectivity index is 2.50. The van der Waals surface area contributed by atoms with Gasteiger partial charge in [-0.2, -0.15) is 0 Å². The van der Waals surface area contributed by atoms with E-state index in [0.29, 0.717) is 10.7 Å². The summed E-state index contributed by atoms with van der Waals surface area (Å²) in [6.07, 6.45) is 3.10. The maximum atomic E-state index is 11.6. The van der Waals surface area contributed by atoms with Gasteiger partial charge in [0.1, 0.15) is 0 Å². The van der Waals surface area contributed by atoms with Crippen LogP contribution in [0.1, 0.15) is 20.8 Å². The molecule has 1 rings (SSSR count). The number of nitrogens with zero attached hydrogens (tertiary/aromatic N) is 1. The average molecular weight is 242 g/mol. The lowest BCUT2D eigenvalue weighted by molar-refractivity contribution is -0.115. The van der Waals surface area contributed by atoms with Gasteiger partial charge in [0.2, 0.25) is 5.91 Å². The van der Waals surface area contributed by atoms with Crippen molar-refractivity contribution >= 4 is 23.2 Å². The maximum Gasteiger partial charge on any atom is 0.238 e. The van der Waals surface area contributed by atoms with Crippen LogP contribution in [0.2, 0.25) is 5.02 Å². The van der Waals surface area contributed by atoms with Crippen molar-refractivity contribution < 1.29 is 4.79 Å². The molecule has 4 nitrogen and oxygen atoms in total. The minimum atomic E-state index is -0.134. The molecule has 0 aliphatic heterocycles. The Kier molecular flexibility index (Phi) is 4.26. The molecule has 0 aliphatic carbocycles. The fraction of sp³-hybridized carbons (Fsp3) is 0.455. The van der Waals surface area contributed by atoms with E-state index in [0.717, 1.165) is 0 Å². The standard InChI is InChI=1S/C11H16ClN3O/c1-11(2,3)14-7-10(16)15-9-6-13-5-4-8(9)12/h4-6,14H,7H2,1-3H3,(H,15,16). The third-order valence-electron chi connectivity index (χ3n) is 1.82. The first-order valence-corrected chi connectivity index (χ1v) is 5.41. The van der Waals surface area contributed by atoms with Gasteiger partial charge in [-0.1, -0.05) is 11.6 Å². The van der Waals surface area contributed by atoms with Crippen LogP contribution in [0.25, 0.3) is 0 Å². The number of halogens is 1. The maximum absolute atomic E-state index is 11.6. The summed E-state index contributed by atoms with van der Waals surface area (Å²) in [5, 5.41) is 6.26. The van der Waals surface area contributed by atoms with E-state index in [1.54, 1.807) is 12.3 Å². The second kappa shape index (κ2) is 5.27. The molecule has 16 heavy (non-hydrogen) atoms. The minimum absolute atomic E-state index is 0.0872. The molecule has 0 aliphatic rings. The SMILES string of the molecule is CC(C)(C)NCC(=O)Nc1cnccc1Cl. The van der Waals surface area contributed by atoms with Crippen molar-refractivity contribution in [3.05, 3.63) is 23.5 Å². The van der Waals surface area contributed by atoms with E-state index < -0.39 is 0 Å². The number of hydrogen-bond donors (Lipinski definition) is 2. The first kappa shape index (κ1) is 12.9. The van der Waals surface area contributed by atoms with E-state index >= 15 is 0 Å². The first-order valence-electron chi connectivity index (χ1n) is 5.03. The largest absolute Gasteiger partial charge is 0.322 e. The van der Waals surface area contributed by atoms with Gasteiger partial charge in [-0.3, -0.25) is 9.78 Å². The number of amides is 1. The number of nitrogens with one attached hydrogen (secondary N) is 2. The highest BCUT2D eigenvalue weighted by atomic mass is 35.5. The highest BCUT2D eigenvalue weighted by molar-refractivity contribution is 6.33. The zero-order valence-corrected chi connectivity index (χ0v) is 10.4. The molecule has 1 aromatic heterocycles. The molecule has 0 atom stereocenters. The summed E-state index contributed by atoms with van der Waals surface area (Å²) in [6, 6.07) is 1.63. The quantitative estimate of drug-likeness (QED) is 0.852. The van der Waals surface area contributed by atoms with Crippen LogP contribution in [-0.4, -0.2) is 23.0 Å². The molecule has 0 saturated heterocycles. The van der Waals surface area contributed by atoms with Crippen LogP contribution < -0.4 is 10.6 Å². The van der Waals surface area contributed by atoms with Crippen LogP contribution in [0.4, 0.5) is 5.69 Å². The van der Waals surface area contributed by atoms with Crippen LogP contribution in [0.5, 0.6) is 0 Å². The molecule has 2 N–H and O–H groups in total. The summed E-state index contributed by atoms with van der Waals surface area (Å²) >= 11 is 5.88. The average Bonchev–Trinajstić information content (AvgIpc) is 2.18. The fourth-order valence-electron chi connectivity index (χ4n) is 1.01. The molecule has 0 aromatic carbocycles. The Morgan fingerprint density at radius 2 is 2.19 bits per heavy atom. The summed E-state index contributed by atoms with van der Waals surface area (Å²) in [5.74, 6) is -0.134. The molecule has 0 spiro atoms. The van der Waals surface area contributed by atoms with Crippen molar-refractivity contribution in [1.82, 2.24) is 10.3 Å². The number of anilines is 1. The number of pyridine rings is 1. The first-order chi connectivity index (χ1) is 7.38. The van der Waals surface area contributed by atoms with Crippen LogP contribution in [0.15, 0.2) is 18.5 Å². The number of aromatic nitrogens is 1. The summed E-state index contributed by atoms with van der Waals surface area (Å²) in [7, 11) is 0. The number of rotatable bonds is 3. The predicted molar refractivity (Wildman–Crippen MR) is 65.6 cm³/mol. The van der Waals surface area contributed by atoms with Crippen molar-refractivity contribution in [3.8, 4) is 0 Å². The summed E-state index contributed by atoms with van der Waals surface area (Å²) < 4.78 is 0. The molecule has 1 aromatic rings. The third-order valence-corrected chi connectivity index (χ3v) is 2.15. The van der Waals surface area contributed by atoms with Crippen molar-refractivity contribution in [2.45, 2.75) is 26.3 Å². The van der Waals surface area contributed by atoms with Crippen molar-refractivity contribution in [1.29, 1.82) is 0 Å². The second-order valence-electron chi connectivity index (χ2n) is 4.51. The number of hydrogen-bond acceptors (Lipinski definition) is 3. The fourth-order valence-corrected chi connectivity index (χ4v) is 1.16. The monoisotopic (exact) mass is 241 g/mol. The van der Waals surface area contributed by atoms with Gasteiger partial charge in [0, 0.05) is 11.7 Å². The summed E-state index contributed by atoms with van der Waals surface area (Å²) in [5.41, 5.74) is 0.445. The lowest BCUT2D eigenvalue weighted by Crippen LogP contribution is -2.41. The lowest BCUT2D eigenvalue weighted by Gasteiger charge is -2.20. The minimum Gasteiger partial charge on any atom is -0.322 e.